The first-order valence-electron chi connectivity index (χ1n) is 9.20. The zero-order chi connectivity index (χ0) is 21.2. The van der Waals surface area contributed by atoms with E-state index in [0.29, 0.717) is 42.9 Å². The molecule has 9 heteroatoms. The lowest BCUT2D eigenvalue weighted by Crippen LogP contribution is -2.36. The summed E-state index contributed by atoms with van der Waals surface area (Å²) in [6.07, 6.45) is 0. The predicted molar refractivity (Wildman–Crippen MR) is 126 cm³/mol. The van der Waals surface area contributed by atoms with Crippen LogP contribution >= 0.6 is 24.0 Å². The van der Waals surface area contributed by atoms with Gasteiger partial charge in [0.2, 0.25) is 5.75 Å². The van der Waals surface area contributed by atoms with Crippen molar-refractivity contribution in [3.05, 3.63) is 47.3 Å². The van der Waals surface area contributed by atoms with Gasteiger partial charge in [0.25, 0.3) is 0 Å². The van der Waals surface area contributed by atoms with Crippen LogP contribution in [0.1, 0.15) is 18.1 Å². The lowest BCUT2D eigenvalue weighted by Gasteiger charge is -2.16. The van der Waals surface area contributed by atoms with Crippen molar-refractivity contribution in [3.63, 3.8) is 0 Å². The highest BCUT2D eigenvalue weighted by molar-refractivity contribution is 14.0. The molecule has 0 radical (unpaired) electrons. The number of nitrogens with zero attached hydrogens (tertiary/aromatic N) is 1. The van der Waals surface area contributed by atoms with Crippen molar-refractivity contribution in [1.29, 1.82) is 0 Å². The van der Waals surface area contributed by atoms with Crippen LogP contribution in [0.4, 0.5) is 4.39 Å². The quantitative estimate of drug-likeness (QED) is 0.291. The topological polar surface area (TPSA) is 73.3 Å². The highest BCUT2D eigenvalue weighted by atomic mass is 127. The van der Waals surface area contributed by atoms with Gasteiger partial charge in [-0.1, -0.05) is 6.07 Å². The van der Waals surface area contributed by atoms with Crippen LogP contribution in [0.15, 0.2) is 35.3 Å². The molecule has 0 fully saturated rings. The molecule has 166 valence electrons. The molecular weight excluding hydrogens is 504 g/mol. The Morgan fingerprint density at radius 1 is 0.900 bits per heavy atom. The zero-order valence-corrected chi connectivity index (χ0v) is 20.2. The molecule has 0 saturated carbocycles. The highest BCUT2D eigenvalue weighted by Gasteiger charge is 2.13. The number of hydrogen-bond donors (Lipinski definition) is 2. The fraction of sp³-hybridized carbons (Fsp3) is 0.381. The van der Waals surface area contributed by atoms with Gasteiger partial charge in [-0.15, -0.1) is 24.0 Å². The Morgan fingerprint density at radius 3 is 1.97 bits per heavy atom. The standard InChI is InChI=1S/C21H28FN3O4.HI/c1-6-29-17-8-7-14(9-16(17)22)12-24-21(23-2)25-13-15-10-18(26-3)20(28-5)19(11-15)27-4;/h7-11H,6,12-13H2,1-5H3,(H2,23,24,25);1H. The first-order chi connectivity index (χ1) is 14.1. The Hall–Kier alpha value is -2.43. The molecule has 2 rings (SSSR count). The fourth-order valence-electron chi connectivity index (χ4n) is 2.76. The van der Waals surface area contributed by atoms with Gasteiger partial charge in [0.15, 0.2) is 29.0 Å². The van der Waals surface area contributed by atoms with Crippen LogP contribution in [-0.2, 0) is 13.1 Å². The molecule has 0 bridgehead atoms. The average molecular weight is 533 g/mol. The summed E-state index contributed by atoms with van der Waals surface area (Å²) in [4.78, 5) is 4.20. The molecule has 0 aliphatic carbocycles. The summed E-state index contributed by atoms with van der Waals surface area (Å²) in [6.45, 7) is 3.14. The van der Waals surface area contributed by atoms with E-state index in [-0.39, 0.29) is 35.5 Å². The molecule has 0 unspecified atom stereocenters. The number of guanidine groups is 1. The Morgan fingerprint density at radius 2 is 1.50 bits per heavy atom. The first kappa shape index (κ1) is 25.6. The molecule has 0 heterocycles. The van der Waals surface area contributed by atoms with Gasteiger partial charge in [0.05, 0.1) is 27.9 Å². The van der Waals surface area contributed by atoms with Crippen molar-refractivity contribution in [2.45, 2.75) is 20.0 Å². The van der Waals surface area contributed by atoms with Crippen LogP contribution in [0.5, 0.6) is 23.0 Å². The number of benzene rings is 2. The molecule has 0 spiro atoms. The van der Waals surface area contributed by atoms with Crippen LogP contribution in [-0.4, -0.2) is 40.9 Å². The number of ether oxygens (including phenoxy) is 4. The molecule has 2 aromatic carbocycles. The summed E-state index contributed by atoms with van der Waals surface area (Å²) in [5.74, 6) is 2.15. The van der Waals surface area contributed by atoms with E-state index in [9.17, 15) is 4.39 Å². The number of hydrogen-bond acceptors (Lipinski definition) is 5. The monoisotopic (exact) mass is 533 g/mol. The summed E-state index contributed by atoms with van der Waals surface area (Å²) < 4.78 is 35.3. The summed E-state index contributed by atoms with van der Waals surface area (Å²) in [5.41, 5.74) is 1.70. The Labute approximate surface area is 194 Å². The molecule has 0 amide bonds. The van der Waals surface area contributed by atoms with Crippen LogP contribution < -0.4 is 29.6 Å². The molecule has 2 N–H and O–H groups in total. The number of rotatable bonds is 9. The van der Waals surface area contributed by atoms with Crippen LogP contribution in [0, 0.1) is 5.82 Å². The Balaban J connectivity index is 0.00000450. The lowest BCUT2D eigenvalue weighted by molar-refractivity contribution is 0.321. The summed E-state index contributed by atoms with van der Waals surface area (Å²) >= 11 is 0. The summed E-state index contributed by atoms with van der Waals surface area (Å²) in [5, 5.41) is 6.37. The van der Waals surface area contributed by atoms with E-state index in [1.807, 2.05) is 25.1 Å². The number of methoxy groups -OCH3 is 3. The molecule has 0 saturated heterocycles. The maximum Gasteiger partial charge on any atom is 0.203 e. The Bertz CT molecular complexity index is 824. The molecule has 0 atom stereocenters. The molecule has 0 aliphatic rings. The van der Waals surface area contributed by atoms with Gasteiger partial charge in [-0.3, -0.25) is 4.99 Å². The normalized spacial score (nSPS) is 10.7. The maximum atomic E-state index is 14.0. The van der Waals surface area contributed by atoms with E-state index in [1.165, 1.54) is 6.07 Å². The van der Waals surface area contributed by atoms with Crippen LogP contribution in [0.25, 0.3) is 0 Å². The third-order valence-electron chi connectivity index (χ3n) is 4.16. The predicted octanol–water partition coefficient (Wildman–Crippen LogP) is 3.73. The van der Waals surface area contributed by atoms with Crippen LogP contribution in [0.3, 0.4) is 0 Å². The minimum Gasteiger partial charge on any atom is -0.493 e. The first-order valence-corrected chi connectivity index (χ1v) is 9.20. The molecular formula is C21H29FIN3O4. The van der Waals surface area contributed by atoms with Crippen molar-refractivity contribution in [2.24, 2.45) is 4.99 Å². The van der Waals surface area contributed by atoms with Gasteiger partial charge in [0, 0.05) is 20.1 Å². The van der Waals surface area contributed by atoms with Crippen LogP contribution in [0.2, 0.25) is 0 Å². The second-order valence-electron chi connectivity index (χ2n) is 6.01. The van der Waals surface area contributed by atoms with Crippen molar-refractivity contribution in [3.8, 4) is 23.0 Å². The summed E-state index contributed by atoms with van der Waals surface area (Å²) in [7, 11) is 6.38. The van der Waals surface area contributed by atoms with E-state index < -0.39 is 0 Å². The SMILES string of the molecule is CCOc1ccc(CNC(=NC)NCc2cc(OC)c(OC)c(OC)c2)cc1F.I. The van der Waals surface area contributed by atoms with Gasteiger partial charge in [0.1, 0.15) is 0 Å². The van der Waals surface area contributed by atoms with Crippen molar-refractivity contribution < 1.29 is 23.3 Å². The van der Waals surface area contributed by atoms with E-state index in [2.05, 4.69) is 15.6 Å². The lowest BCUT2D eigenvalue weighted by atomic mass is 10.2. The molecule has 0 aliphatic heterocycles. The van der Waals surface area contributed by atoms with Gasteiger partial charge in [-0.05, 0) is 42.3 Å². The smallest absolute Gasteiger partial charge is 0.203 e. The number of nitrogens with one attached hydrogen (secondary N) is 2. The second-order valence-corrected chi connectivity index (χ2v) is 6.01. The largest absolute Gasteiger partial charge is 0.493 e. The van der Waals surface area contributed by atoms with Crippen molar-refractivity contribution in [2.75, 3.05) is 35.0 Å². The minimum absolute atomic E-state index is 0. The van der Waals surface area contributed by atoms with Gasteiger partial charge in [-0.25, -0.2) is 4.39 Å². The maximum absolute atomic E-state index is 14.0. The van der Waals surface area contributed by atoms with E-state index >= 15 is 0 Å². The van der Waals surface area contributed by atoms with E-state index in [4.69, 9.17) is 18.9 Å². The second kappa shape index (κ2) is 13.0. The van der Waals surface area contributed by atoms with E-state index in [0.717, 1.165) is 11.1 Å². The molecule has 0 aromatic heterocycles. The highest BCUT2D eigenvalue weighted by Crippen LogP contribution is 2.38. The molecule has 30 heavy (non-hydrogen) atoms. The van der Waals surface area contributed by atoms with E-state index in [1.54, 1.807) is 34.4 Å². The molecule has 7 nitrogen and oxygen atoms in total. The van der Waals surface area contributed by atoms with Crippen molar-refractivity contribution in [1.82, 2.24) is 10.6 Å². The zero-order valence-electron chi connectivity index (χ0n) is 17.9. The van der Waals surface area contributed by atoms with Crippen molar-refractivity contribution >= 4 is 29.9 Å². The van der Waals surface area contributed by atoms with Gasteiger partial charge < -0.3 is 29.6 Å². The van der Waals surface area contributed by atoms with Gasteiger partial charge in [-0.2, -0.15) is 0 Å². The number of halogens is 2. The van der Waals surface area contributed by atoms with Gasteiger partial charge >= 0.3 is 0 Å². The third-order valence-corrected chi connectivity index (χ3v) is 4.16. The average Bonchev–Trinajstić information content (AvgIpc) is 2.74. The summed E-state index contributed by atoms with van der Waals surface area (Å²) in [6, 6.07) is 8.62. The molecule has 2 aromatic rings. The number of aliphatic imine (C=N–C) groups is 1. The Kier molecular flexibility index (Phi) is 11.1. The minimum atomic E-state index is -0.383. The third kappa shape index (κ3) is 6.82. The fourth-order valence-corrected chi connectivity index (χ4v) is 2.76.